The molecule has 3 saturated carbocycles. The Morgan fingerprint density at radius 1 is 1.00 bits per heavy atom. The maximum absolute atomic E-state index is 12.3. The highest BCUT2D eigenvalue weighted by Gasteiger charge is 2.58. The molecule has 1 amide bonds. The lowest BCUT2D eigenvalue weighted by molar-refractivity contribution is -0.149. The van der Waals surface area contributed by atoms with Crippen LogP contribution in [0.4, 0.5) is 0 Å². The Labute approximate surface area is 109 Å². The zero-order valence-electron chi connectivity index (χ0n) is 11.3. The third-order valence-electron chi connectivity index (χ3n) is 6.30. The number of hydrogen-bond acceptors (Lipinski definition) is 2. The van der Waals surface area contributed by atoms with Gasteiger partial charge in [0.2, 0.25) is 5.91 Å². The Morgan fingerprint density at radius 2 is 1.72 bits per heavy atom. The molecule has 0 radical (unpaired) electrons. The molecule has 4 fully saturated rings. The summed E-state index contributed by atoms with van der Waals surface area (Å²) in [6, 6.07) is 0.605. The minimum absolute atomic E-state index is 0.339. The van der Waals surface area contributed by atoms with Crippen LogP contribution in [0, 0.1) is 29.6 Å². The van der Waals surface area contributed by atoms with Crippen molar-refractivity contribution in [3.05, 3.63) is 0 Å². The average molecular weight is 248 g/mol. The fourth-order valence-corrected chi connectivity index (χ4v) is 5.73. The molecule has 1 heterocycles. The van der Waals surface area contributed by atoms with Crippen molar-refractivity contribution >= 4 is 5.91 Å². The number of nitrogens with zero attached hydrogens (tertiary/aromatic N) is 1. The van der Waals surface area contributed by atoms with Gasteiger partial charge in [-0.2, -0.15) is 0 Å². The monoisotopic (exact) mass is 248 g/mol. The molecule has 4 aliphatic rings. The second-order valence-corrected chi connectivity index (χ2v) is 6.94. The van der Waals surface area contributed by atoms with E-state index in [-0.39, 0.29) is 0 Å². The molecular formula is C15H24N2O. The van der Waals surface area contributed by atoms with E-state index in [2.05, 4.69) is 5.43 Å². The fourth-order valence-electron chi connectivity index (χ4n) is 5.73. The summed E-state index contributed by atoms with van der Waals surface area (Å²) in [5, 5.41) is 1.81. The van der Waals surface area contributed by atoms with E-state index in [1.165, 1.54) is 38.5 Å². The van der Waals surface area contributed by atoms with E-state index in [9.17, 15) is 4.79 Å². The SMILES string of the molecule is CN1NC2C3CCCCC3C3CCCC(C1=O)C32. The van der Waals surface area contributed by atoms with Crippen LogP contribution in [-0.4, -0.2) is 24.0 Å². The topological polar surface area (TPSA) is 32.3 Å². The van der Waals surface area contributed by atoms with Gasteiger partial charge < -0.3 is 0 Å². The largest absolute Gasteiger partial charge is 0.281 e. The number of hydrazine groups is 1. The van der Waals surface area contributed by atoms with Gasteiger partial charge in [-0.25, -0.2) is 5.43 Å². The molecule has 0 aromatic rings. The highest BCUT2D eigenvalue weighted by Crippen LogP contribution is 2.57. The lowest BCUT2D eigenvalue weighted by atomic mass is 9.69. The molecular weight excluding hydrogens is 224 g/mol. The van der Waals surface area contributed by atoms with Gasteiger partial charge in [-0.3, -0.25) is 9.80 Å². The first-order valence-electron chi connectivity index (χ1n) is 7.81. The fraction of sp³-hybridized carbons (Fsp3) is 0.933. The van der Waals surface area contributed by atoms with Gasteiger partial charge in [0.15, 0.2) is 0 Å². The summed E-state index contributed by atoms with van der Waals surface area (Å²) in [6.07, 6.45) is 9.45. The van der Waals surface area contributed by atoms with Crippen molar-refractivity contribution in [3.8, 4) is 0 Å². The zero-order valence-corrected chi connectivity index (χ0v) is 11.3. The molecule has 0 spiro atoms. The third-order valence-corrected chi connectivity index (χ3v) is 6.30. The Kier molecular flexibility index (Phi) is 2.48. The van der Waals surface area contributed by atoms with Crippen molar-refractivity contribution in [1.82, 2.24) is 10.4 Å². The molecule has 0 aromatic heterocycles. The van der Waals surface area contributed by atoms with Crippen molar-refractivity contribution in [3.63, 3.8) is 0 Å². The predicted octanol–water partition coefficient (Wildman–Crippen LogP) is 2.18. The predicted molar refractivity (Wildman–Crippen MR) is 69.5 cm³/mol. The number of amides is 1. The van der Waals surface area contributed by atoms with Crippen LogP contribution >= 0.6 is 0 Å². The van der Waals surface area contributed by atoms with Crippen LogP contribution in [0.1, 0.15) is 44.9 Å². The number of hydrogen-bond donors (Lipinski definition) is 1. The summed E-state index contributed by atoms with van der Waals surface area (Å²) < 4.78 is 0. The molecule has 6 unspecified atom stereocenters. The third kappa shape index (κ3) is 1.37. The summed E-state index contributed by atoms with van der Waals surface area (Å²) in [5.41, 5.74) is 3.54. The van der Waals surface area contributed by atoms with Gasteiger partial charge in [0.1, 0.15) is 0 Å². The van der Waals surface area contributed by atoms with Gasteiger partial charge in [0, 0.05) is 19.0 Å². The number of nitrogens with one attached hydrogen (secondary N) is 1. The number of rotatable bonds is 0. The molecule has 3 nitrogen and oxygen atoms in total. The molecule has 1 saturated heterocycles. The van der Waals surface area contributed by atoms with Crippen LogP contribution in [0.2, 0.25) is 0 Å². The van der Waals surface area contributed by atoms with Gasteiger partial charge >= 0.3 is 0 Å². The molecule has 3 heteroatoms. The first-order valence-corrected chi connectivity index (χ1v) is 7.81. The summed E-state index contributed by atoms with van der Waals surface area (Å²) in [4.78, 5) is 12.3. The van der Waals surface area contributed by atoms with Gasteiger partial charge in [-0.15, -0.1) is 0 Å². The van der Waals surface area contributed by atoms with Crippen LogP contribution < -0.4 is 5.43 Å². The van der Waals surface area contributed by atoms with Crippen molar-refractivity contribution in [1.29, 1.82) is 0 Å². The van der Waals surface area contributed by atoms with Gasteiger partial charge in [0.25, 0.3) is 0 Å². The summed E-state index contributed by atoms with van der Waals surface area (Å²) in [6.45, 7) is 0. The van der Waals surface area contributed by atoms with Gasteiger partial charge in [0.05, 0.1) is 0 Å². The molecule has 1 N–H and O–H groups in total. The Hall–Kier alpha value is -0.570. The maximum atomic E-state index is 12.3. The van der Waals surface area contributed by atoms with Crippen LogP contribution in [0.15, 0.2) is 0 Å². The molecule has 4 rings (SSSR count). The maximum Gasteiger partial charge on any atom is 0.239 e. The Balaban J connectivity index is 1.71. The van der Waals surface area contributed by atoms with E-state index < -0.39 is 0 Å². The molecule has 0 aromatic carbocycles. The van der Waals surface area contributed by atoms with Crippen molar-refractivity contribution < 1.29 is 4.79 Å². The summed E-state index contributed by atoms with van der Waals surface area (Å²) in [5.74, 6) is 3.98. The highest BCUT2D eigenvalue weighted by molar-refractivity contribution is 5.79. The van der Waals surface area contributed by atoms with E-state index in [1.54, 1.807) is 0 Å². The minimum Gasteiger partial charge on any atom is -0.281 e. The standard InChI is InChI=1S/C15H24N2O/c1-17-15(18)12-8-4-7-10-9-5-2-3-6-11(9)14(16-17)13(10)12/h9-14,16H,2-8H2,1H3. The quantitative estimate of drug-likeness (QED) is 0.712. The number of carbonyl (C=O) groups excluding carboxylic acids is 1. The Bertz CT molecular complexity index is 370. The van der Waals surface area contributed by atoms with E-state index >= 15 is 0 Å². The van der Waals surface area contributed by atoms with E-state index in [1.807, 2.05) is 12.1 Å². The summed E-state index contributed by atoms with van der Waals surface area (Å²) in [7, 11) is 1.93. The first-order chi connectivity index (χ1) is 8.77. The smallest absolute Gasteiger partial charge is 0.239 e. The molecule has 100 valence electrons. The van der Waals surface area contributed by atoms with Crippen LogP contribution in [0.5, 0.6) is 0 Å². The lowest BCUT2D eigenvalue weighted by Crippen LogP contribution is -2.60. The molecule has 6 atom stereocenters. The van der Waals surface area contributed by atoms with Crippen molar-refractivity contribution in [2.45, 2.75) is 51.0 Å². The number of carbonyl (C=O) groups is 1. The van der Waals surface area contributed by atoms with Crippen molar-refractivity contribution in [2.75, 3.05) is 7.05 Å². The lowest BCUT2D eigenvalue weighted by Gasteiger charge is -2.44. The van der Waals surface area contributed by atoms with Gasteiger partial charge in [-0.1, -0.05) is 19.3 Å². The molecule has 18 heavy (non-hydrogen) atoms. The van der Waals surface area contributed by atoms with Crippen LogP contribution in [0.3, 0.4) is 0 Å². The van der Waals surface area contributed by atoms with E-state index in [4.69, 9.17) is 0 Å². The number of fused-ring (bicyclic) bond motifs is 3. The minimum atomic E-state index is 0.339. The highest BCUT2D eigenvalue weighted by atomic mass is 16.2. The Morgan fingerprint density at radius 3 is 2.56 bits per heavy atom. The normalized spacial score (nSPS) is 50.9. The van der Waals surface area contributed by atoms with Crippen LogP contribution in [-0.2, 0) is 4.79 Å². The zero-order chi connectivity index (χ0) is 12.3. The molecule has 3 aliphatic carbocycles. The molecule has 0 bridgehead atoms. The summed E-state index contributed by atoms with van der Waals surface area (Å²) >= 11 is 0. The second-order valence-electron chi connectivity index (χ2n) is 6.94. The second kappa shape index (κ2) is 3.96. The van der Waals surface area contributed by atoms with E-state index in [0.29, 0.717) is 23.8 Å². The van der Waals surface area contributed by atoms with Gasteiger partial charge in [-0.05, 0) is 49.4 Å². The first kappa shape index (κ1) is 11.3. The van der Waals surface area contributed by atoms with Crippen LogP contribution in [0.25, 0.3) is 0 Å². The van der Waals surface area contributed by atoms with Crippen molar-refractivity contribution in [2.24, 2.45) is 29.6 Å². The molecule has 1 aliphatic heterocycles. The average Bonchev–Trinajstić information content (AvgIpc) is 2.72. The van der Waals surface area contributed by atoms with E-state index in [0.717, 1.165) is 24.2 Å².